The zero-order valence-corrected chi connectivity index (χ0v) is 11.4. The van der Waals surface area contributed by atoms with E-state index >= 15 is 0 Å². The van der Waals surface area contributed by atoms with E-state index in [9.17, 15) is 13.2 Å². The van der Waals surface area contributed by atoms with Gasteiger partial charge in [-0.3, -0.25) is 4.68 Å². The van der Waals surface area contributed by atoms with Crippen LogP contribution in [0.5, 0.6) is 0 Å². The molecule has 0 atom stereocenters. The summed E-state index contributed by atoms with van der Waals surface area (Å²) in [6.45, 7) is 3.15. The lowest BCUT2D eigenvalue weighted by molar-refractivity contribution is 0.121. The number of rotatable bonds is 4. The number of aromatic nitrogens is 2. The molecule has 1 aromatic heterocycles. The molecule has 0 aliphatic heterocycles. The first kappa shape index (κ1) is 14.8. The molecule has 0 bridgehead atoms. The molecule has 1 heterocycles. The second-order valence-electron chi connectivity index (χ2n) is 3.84. The summed E-state index contributed by atoms with van der Waals surface area (Å²) in [4.78, 5) is 11.2. The first-order valence-corrected chi connectivity index (χ1v) is 6.66. The lowest BCUT2D eigenvalue weighted by Gasteiger charge is -2.10. The number of nitriles is 1. The predicted molar refractivity (Wildman–Crippen MR) is 65.2 cm³/mol. The summed E-state index contributed by atoms with van der Waals surface area (Å²) in [5, 5.41) is 12.5. The van der Waals surface area contributed by atoms with E-state index in [1.165, 1.54) is 17.9 Å². The molecule has 1 amide bonds. The van der Waals surface area contributed by atoms with Gasteiger partial charge in [0.1, 0.15) is 11.6 Å². The van der Waals surface area contributed by atoms with Crippen molar-refractivity contribution in [1.82, 2.24) is 14.5 Å². The average molecular weight is 287 g/mol. The lowest BCUT2D eigenvalue weighted by atomic mass is 10.4. The number of nitrogens with zero attached hydrogens (tertiary/aromatic N) is 3. The fourth-order valence-corrected chi connectivity index (χ4v) is 1.87. The van der Waals surface area contributed by atoms with Crippen molar-refractivity contribution in [3.8, 4) is 6.07 Å². The number of anilines is 1. The zero-order chi connectivity index (χ0) is 14.6. The normalized spacial score (nSPS) is 10.9. The molecule has 1 aromatic rings. The maximum absolute atomic E-state index is 11.6. The van der Waals surface area contributed by atoms with Crippen LogP contribution in [0.15, 0.2) is 6.20 Å². The number of ether oxygens (including phenoxy) is 1. The summed E-state index contributed by atoms with van der Waals surface area (Å²) in [6.07, 6.45) is -0.235. The molecule has 19 heavy (non-hydrogen) atoms. The molecule has 0 radical (unpaired) electrons. The summed E-state index contributed by atoms with van der Waals surface area (Å²) in [5.41, 5.74) is 0.0325. The third-order valence-electron chi connectivity index (χ3n) is 1.74. The van der Waals surface area contributed by atoms with Crippen LogP contribution in [0.1, 0.15) is 19.4 Å². The van der Waals surface area contributed by atoms with E-state index in [1.807, 2.05) is 4.72 Å². The van der Waals surface area contributed by atoms with Crippen LogP contribution >= 0.6 is 0 Å². The van der Waals surface area contributed by atoms with Gasteiger partial charge in [-0.15, -0.1) is 0 Å². The molecule has 10 heteroatoms. The van der Waals surface area contributed by atoms with Crippen molar-refractivity contribution in [3.05, 3.63) is 11.8 Å². The minimum absolute atomic E-state index is 0.0325. The van der Waals surface area contributed by atoms with E-state index in [2.05, 4.69) is 9.84 Å². The molecule has 0 aromatic carbocycles. The first-order chi connectivity index (χ1) is 8.73. The number of hydrogen-bond donors (Lipinski definition) is 2. The summed E-state index contributed by atoms with van der Waals surface area (Å²) in [5.74, 6) is -0.171. The fraction of sp³-hybridized carbons (Fsp3) is 0.444. The highest BCUT2D eigenvalue weighted by Crippen LogP contribution is 2.11. The third kappa shape index (κ3) is 4.47. The number of hydrogen-bond acceptors (Lipinski definition) is 6. The van der Waals surface area contributed by atoms with Gasteiger partial charge in [-0.25, -0.2) is 14.2 Å². The van der Waals surface area contributed by atoms with Crippen molar-refractivity contribution in [2.24, 2.45) is 7.05 Å². The Morgan fingerprint density at radius 3 is 2.74 bits per heavy atom. The summed E-state index contributed by atoms with van der Waals surface area (Å²) < 4.78 is 32.7. The summed E-state index contributed by atoms with van der Waals surface area (Å²) in [6, 6.07) is 1.77. The van der Waals surface area contributed by atoms with Gasteiger partial charge >= 0.3 is 16.3 Å². The molecule has 0 spiro atoms. The Morgan fingerprint density at radius 2 is 2.21 bits per heavy atom. The maximum atomic E-state index is 11.6. The highest BCUT2D eigenvalue weighted by molar-refractivity contribution is 7.91. The van der Waals surface area contributed by atoms with Gasteiger partial charge in [-0.2, -0.15) is 18.8 Å². The molecule has 0 fully saturated rings. The van der Waals surface area contributed by atoms with Crippen molar-refractivity contribution in [2.45, 2.75) is 20.0 Å². The highest BCUT2D eigenvalue weighted by Gasteiger charge is 2.19. The van der Waals surface area contributed by atoms with E-state index < -0.39 is 22.4 Å². The molecule has 1 rings (SSSR count). The summed E-state index contributed by atoms with van der Waals surface area (Å²) >= 11 is 0. The zero-order valence-electron chi connectivity index (χ0n) is 10.5. The van der Waals surface area contributed by atoms with Crippen molar-refractivity contribution in [1.29, 1.82) is 5.26 Å². The number of nitrogens with one attached hydrogen (secondary N) is 2. The molecule has 2 N–H and O–H groups in total. The Balaban J connectivity index is 2.80. The number of amides is 1. The summed E-state index contributed by atoms with van der Waals surface area (Å²) in [7, 11) is -2.67. The second-order valence-corrected chi connectivity index (χ2v) is 5.25. The van der Waals surface area contributed by atoms with Gasteiger partial charge in [-0.05, 0) is 13.8 Å². The van der Waals surface area contributed by atoms with Crippen molar-refractivity contribution >= 4 is 22.1 Å². The Morgan fingerprint density at radius 1 is 1.58 bits per heavy atom. The predicted octanol–water partition coefficient (Wildman–Crippen LogP) is 0.0831. The van der Waals surface area contributed by atoms with Gasteiger partial charge in [0.15, 0.2) is 5.82 Å². The fourth-order valence-electron chi connectivity index (χ4n) is 1.15. The minimum atomic E-state index is -4.20. The topological polar surface area (TPSA) is 126 Å². The van der Waals surface area contributed by atoms with Crippen LogP contribution in [-0.4, -0.2) is 30.4 Å². The van der Waals surface area contributed by atoms with Gasteiger partial charge in [0.25, 0.3) is 0 Å². The van der Waals surface area contributed by atoms with Gasteiger partial charge in [0, 0.05) is 13.2 Å². The first-order valence-electron chi connectivity index (χ1n) is 5.18. The van der Waals surface area contributed by atoms with Gasteiger partial charge in [0.2, 0.25) is 0 Å². The van der Waals surface area contributed by atoms with Gasteiger partial charge < -0.3 is 4.74 Å². The van der Waals surface area contributed by atoms with Crippen molar-refractivity contribution < 1.29 is 17.9 Å². The molecular formula is C9H13N5O4S. The minimum Gasteiger partial charge on any atom is -0.446 e. The SMILES string of the molecule is CC(C)OC(=O)NS(=O)(=O)Nc1nn(C)cc1C#N. The quantitative estimate of drug-likeness (QED) is 0.807. The number of aryl methyl sites for hydroxylation is 1. The largest absolute Gasteiger partial charge is 0.446 e. The van der Waals surface area contributed by atoms with E-state index in [-0.39, 0.29) is 11.4 Å². The third-order valence-corrected chi connectivity index (χ3v) is 2.64. The molecule has 0 saturated carbocycles. The lowest BCUT2D eigenvalue weighted by Crippen LogP contribution is -2.37. The van der Waals surface area contributed by atoms with Crippen LogP contribution < -0.4 is 9.44 Å². The Kier molecular flexibility index (Phi) is 4.34. The Hall–Kier alpha value is -2.28. The van der Waals surface area contributed by atoms with Gasteiger partial charge in [-0.1, -0.05) is 0 Å². The second kappa shape index (κ2) is 5.57. The monoisotopic (exact) mass is 287 g/mol. The van der Waals surface area contributed by atoms with Gasteiger partial charge in [0.05, 0.1) is 6.10 Å². The van der Waals surface area contributed by atoms with E-state index in [4.69, 9.17) is 5.26 Å². The Labute approximate surface area is 110 Å². The van der Waals surface area contributed by atoms with Crippen LogP contribution in [0.25, 0.3) is 0 Å². The van der Waals surface area contributed by atoms with Crippen molar-refractivity contribution in [2.75, 3.05) is 4.72 Å². The van der Waals surface area contributed by atoms with Crippen LogP contribution in [0.3, 0.4) is 0 Å². The van der Waals surface area contributed by atoms with Crippen LogP contribution in [0.2, 0.25) is 0 Å². The molecular weight excluding hydrogens is 274 g/mol. The van der Waals surface area contributed by atoms with Crippen molar-refractivity contribution in [3.63, 3.8) is 0 Å². The molecule has 0 aliphatic carbocycles. The van der Waals surface area contributed by atoms with Crippen LogP contribution in [-0.2, 0) is 22.0 Å². The Bertz CT molecular complexity index is 613. The number of carbonyl (C=O) groups excluding carboxylic acids is 1. The molecule has 9 nitrogen and oxygen atoms in total. The smallest absolute Gasteiger partial charge is 0.422 e. The van der Waals surface area contributed by atoms with Crippen LogP contribution in [0, 0.1) is 11.3 Å². The van der Waals surface area contributed by atoms with E-state index in [0.717, 1.165) is 0 Å². The molecule has 0 aliphatic rings. The average Bonchev–Trinajstić information content (AvgIpc) is 2.55. The number of carbonyl (C=O) groups is 1. The highest BCUT2D eigenvalue weighted by atomic mass is 32.2. The molecule has 104 valence electrons. The molecule has 0 unspecified atom stereocenters. The van der Waals surface area contributed by atoms with E-state index in [0.29, 0.717) is 0 Å². The van der Waals surface area contributed by atoms with E-state index in [1.54, 1.807) is 24.6 Å². The maximum Gasteiger partial charge on any atom is 0.422 e. The standard InChI is InChI=1S/C9H13N5O4S/c1-6(2)18-9(15)13-19(16,17)12-8-7(4-10)5-14(3)11-8/h5-6H,1-3H3,(H,11,12)(H,13,15). The molecule has 0 saturated heterocycles. The van der Waals surface area contributed by atoms with Crippen LogP contribution in [0.4, 0.5) is 10.6 Å².